The van der Waals surface area contributed by atoms with Crippen molar-refractivity contribution in [3.8, 4) is 0 Å². The first-order chi connectivity index (χ1) is 18.1. The molecule has 37 heavy (non-hydrogen) atoms. The van der Waals surface area contributed by atoms with Gasteiger partial charge in [0, 0.05) is 19.5 Å². The first kappa shape index (κ1) is 29.1. The van der Waals surface area contributed by atoms with Gasteiger partial charge in [0.1, 0.15) is 11.4 Å². The molecule has 0 aliphatic carbocycles. The number of fused-ring (bicyclic) bond motifs is 1. The molecule has 1 atom stereocenters. The third kappa shape index (κ3) is 8.49. The van der Waals surface area contributed by atoms with E-state index in [9.17, 15) is 9.70 Å². The lowest BCUT2D eigenvalue weighted by Gasteiger charge is -2.25. The molecule has 8 heteroatoms. The van der Waals surface area contributed by atoms with Gasteiger partial charge in [-0.1, -0.05) is 75.0 Å². The van der Waals surface area contributed by atoms with Crippen LogP contribution in [0.1, 0.15) is 31.9 Å². The monoisotopic (exact) mass is 500 g/mol. The van der Waals surface area contributed by atoms with E-state index in [0.717, 1.165) is 13.0 Å². The summed E-state index contributed by atoms with van der Waals surface area (Å²) in [5.41, 5.74) is 5.53. The van der Waals surface area contributed by atoms with E-state index in [-0.39, 0.29) is 12.1 Å². The highest BCUT2D eigenvalue weighted by Gasteiger charge is 2.27. The number of amides is 1. The zero-order chi connectivity index (χ0) is 27.0. The average molecular weight is 501 g/mol. The van der Waals surface area contributed by atoms with E-state index in [4.69, 9.17) is 5.41 Å². The molecule has 1 aliphatic rings. The van der Waals surface area contributed by atoms with Gasteiger partial charge in [0.2, 0.25) is 0 Å². The van der Waals surface area contributed by atoms with Crippen LogP contribution in [0.5, 0.6) is 0 Å². The van der Waals surface area contributed by atoms with E-state index in [2.05, 4.69) is 58.1 Å². The summed E-state index contributed by atoms with van der Waals surface area (Å²) in [6.45, 7) is 10.8. The fraction of sp³-hybridized carbons (Fsp3) is 0.241. The van der Waals surface area contributed by atoms with E-state index in [1.165, 1.54) is 28.8 Å². The van der Waals surface area contributed by atoms with E-state index in [1.54, 1.807) is 37.3 Å². The van der Waals surface area contributed by atoms with Gasteiger partial charge in [0.15, 0.2) is 0 Å². The van der Waals surface area contributed by atoms with Crippen LogP contribution in [0.15, 0.2) is 90.4 Å². The quantitative estimate of drug-likeness (QED) is 0.186. The molecule has 0 radical (unpaired) electrons. The molecule has 1 amide bonds. The minimum absolute atomic E-state index is 0.0303. The number of hydrogen-bond donors (Lipinski definition) is 4. The zero-order valence-electron chi connectivity index (χ0n) is 21.7. The summed E-state index contributed by atoms with van der Waals surface area (Å²) in [4.78, 5) is 23.8. The van der Waals surface area contributed by atoms with Crippen LogP contribution in [-0.4, -0.2) is 36.4 Å². The van der Waals surface area contributed by atoms with Crippen molar-refractivity contribution in [2.45, 2.75) is 33.4 Å². The predicted molar refractivity (Wildman–Crippen MR) is 153 cm³/mol. The van der Waals surface area contributed by atoms with Crippen LogP contribution in [0.4, 0.5) is 5.69 Å². The smallest absolute Gasteiger partial charge is 0.282 e. The molecule has 1 aliphatic heterocycles. The third-order valence-corrected chi connectivity index (χ3v) is 5.44. The lowest BCUT2D eigenvalue weighted by Crippen LogP contribution is -2.50. The number of nitrogens with zero attached hydrogens (tertiary/aromatic N) is 2. The number of hydrazine groups is 1. The molecule has 3 aromatic carbocycles. The van der Waals surface area contributed by atoms with Crippen molar-refractivity contribution in [3.05, 3.63) is 101 Å². The molecule has 0 saturated carbocycles. The maximum absolute atomic E-state index is 13.0. The molecule has 1 heterocycles. The SMILES string of the molecule is C=CN/C(=C\c1cccc(N=O)c1)C(=O)NN1CCNC1Cc1cccc2ccccc12.CC.CC=N. The van der Waals surface area contributed by atoms with Gasteiger partial charge in [-0.2, -0.15) is 0 Å². The fourth-order valence-electron chi connectivity index (χ4n) is 3.92. The fourth-order valence-corrected chi connectivity index (χ4v) is 3.92. The second-order valence-electron chi connectivity index (χ2n) is 7.83. The van der Waals surface area contributed by atoms with Gasteiger partial charge in [-0.25, -0.2) is 5.01 Å². The van der Waals surface area contributed by atoms with Gasteiger partial charge >= 0.3 is 0 Å². The first-order valence-electron chi connectivity index (χ1n) is 12.3. The molecule has 194 valence electrons. The Hall–Kier alpha value is -4.14. The molecule has 1 saturated heterocycles. The van der Waals surface area contributed by atoms with Crippen molar-refractivity contribution in [2.24, 2.45) is 5.18 Å². The summed E-state index contributed by atoms with van der Waals surface area (Å²) in [6, 6.07) is 21.3. The third-order valence-electron chi connectivity index (χ3n) is 5.44. The summed E-state index contributed by atoms with van der Waals surface area (Å²) in [5, 5.41) is 19.7. The number of carbonyl (C=O) groups excluding carboxylic acids is 1. The lowest BCUT2D eigenvalue weighted by molar-refractivity contribution is -0.122. The summed E-state index contributed by atoms with van der Waals surface area (Å²) in [6.07, 6.45) is 5.08. The van der Waals surface area contributed by atoms with Crippen LogP contribution in [0.2, 0.25) is 0 Å². The van der Waals surface area contributed by atoms with Crippen LogP contribution >= 0.6 is 0 Å². The van der Waals surface area contributed by atoms with Gasteiger partial charge in [-0.3, -0.25) is 15.5 Å². The molecule has 1 unspecified atom stereocenters. The zero-order valence-corrected chi connectivity index (χ0v) is 21.7. The highest BCUT2D eigenvalue weighted by Crippen LogP contribution is 2.21. The Labute approximate surface area is 218 Å². The number of nitrogens with one attached hydrogen (secondary N) is 4. The van der Waals surface area contributed by atoms with Gasteiger partial charge in [-0.05, 0) is 64.6 Å². The number of benzene rings is 3. The molecule has 0 spiro atoms. The van der Waals surface area contributed by atoms with E-state index < -0.39 is 0 Å². The van der Waals surface area contributed by atoms with Crippen molar-refractivity contribution in [1.29, 1.82) is 5.41 Å². The van der Waals surface area contributed by atoms with Crippen molar-refractivity contribution in [3.63, 3.8) is 0 Å². The van der Waals surface area contributed by atoms with E-state index in [1.807, 2.05) is 31.0 Å². The van der Waals surface area contributed by atoms with E-state index in [0.29, 0.717) is 23.5 Å². The van der Waals surface area contributed by atoms with Crippen LogP contribution in [-0.2, 0) is 11.2 Å². The molecule has 3 aromatic rings. The Morgan fingerprint density at radius 3 is 2.59 bits per heavy atom. The maximum atomic E-state index is 13.0. The van der Waals surface area contributed by atoms with Gasteiger partial charge in [0.05, 0.1) is 6.17 Å². The Morgan fingerprint density at radius 1 is 1.16 bits per heavy atom. The molecule has 0 aromatic heterocycles. The highest BCUT2D eigenvalue weighted by molar-refractivity contribution is 5.97. The maximum Gasteiger partial charge on any atom is 0.282 e. The van der Waals surface area contributed by atoms with Crippen LogP contribution in [0.25, 0.3) is 16.8 Å². The molecule has 1 fully saturated rings. The number of hydrogen-bond acceptors (Lipinski definition) is 7. The topological polar surface area (TPSA) is 110 Å². The summed E-state index contributed by atoms with van der Waals surface area (Å²) < 4.78 is 0. The predicted octanol–water partition coefficient (Wildman–Crippen LogP) is 5.50. The highest BCUT2D eigenvalue weighted by atomic mass is 16.3. The second-order valence-corrected chi connectivity index (χ2v) is 7.83. The minimum Gasteiger partial charge on any atom is -0.358 e. The Balaban J connectivity index is 0.000000898. The summed E-state index contributed by atoms with van der Waals surface area (Å²) >= 11 is 0. The molecule has 0 bridgehead atoms. The van der Waals surface area contributed by atoms with Crippen LogP contribution in [0.3, 0.4) is 0 Å². The molecule has 8 nitrogen and oxygen atoms in total. The van der Waals surface area contributed by atoms with Gasteiger partial charge < -0.3 is 10.7 Å². The summed E-state index contributed by atoms with van der Waals surface area (Å²) in [5.74, 6) is -0.291. The average Bonchev–Trinajstić information content (AvgIpc) is 3.36. The Kier molecular flexibility index (Phi) is 12.4. The second kappa shape index (κ2) is 15.8. The molecule has 4 rings (SSSR count). The number of rotatable bonds is 8. The summed E-state index contributed by atoms with van der Waals surface area (Å²) in [7, 11) is 0. The van der Waals surface area contributed by atoms with Crippen LogP contribution < -0.4 is 16.1 Å². The normalized spacial score (nSPS) is 14.9. The van der Waals surface area contributed by atoms with E-state index >= 15 is 0 Å². The lowest BCUT2D eigenvalue weighted by atomic mass is 10.0. The minimum atomic E-state index is -0.291. The van der Waals surface area contributed by atoms with Crippen LogP contribution in [0, 0.1) is 10.3 Å². The van der Waals surface area contributed by atoms with Gasteiger partial charge in [-0.15, -0.1) is 4.91 Å². The Morgan fingerprint density at radius 2 is 1.86 bits per heavy atom. The number of carbonyl (C=O) groups is 1. The largest absolute Gasteiger partial charge is 0.358 e. The van der Waals surface area contributed by atoms with Crippen molar-refractivity contribution < 1.29 is 4.79 Å². The Bertz CT molecular complexity index is 1220. The number of nitroso groups, excluding NO2 is 1. The molecular weight excluding hydrogens is 464 g/mol. The standard InChI is InChI=1S/C25H25N5O2.C2H5N.C2H6/c1-2-26-23(16-18-7-5-11-21(15-18)29-32)25(31)28-30-14-13-27-24(30)17-20-10-6-9-19-8-3-4-12-22(19)20;1-2-3;1-2/h2-12,15-16,24,26-27H,1,13-14,17H2,(H,28,31);2-3H,1H3;1-2H3/b23-16-;;. The van der Waals surface area contributed by atoms with Crippen molar-refractivity contribution in [1.82, 2.24) is 21.1 Å². The van der Waals surface area contributed by atoms with Crippen molar-refractivity contribution >= 4 is 34.7 Å². The van der Waals surface area contributed by atoms with Crippen molar-refractivity contribution in [2.75, 3.05) is 13.1 Å². The molecule has 4 N–H and O–H groups in total. The van der Waals surface area contributed by atoms with Gasteiger partial charge in [0.25, 0.3) is 5.91 Å². The molecular formula is C29H36N6O2. The first-order valence-corrected chi connectivity index (χ1v) is 12.3.